The largest absolute Gasteiger partial charge is 0.484 e. The summed E-state index contributed by atoms with van der Waals surface area (Å²) in [7, 11) is 3.58. The molecular formula is C30H27F2N5O7S. The van der Waals surface area contributed by atoms with Crippen molar-refractivity contribution in [2.75, 3.05) is 37.9 Å². The van der Waals surface area contributed by atoms with Gasteiger partial charge in [-0.3, -0.25) is 20.2 Å². The number of nitrogens with one attached hydrogen (secondary N) is 2. The Hall–Kier alpha value is -4.99. The zero-order chi connectivity index (χ0) is 32.1. The summed E-state index contributed by atoms with van der Waals surface area (Å²) in [5, 5.41) is 16.6. The molecule has 1 aliphatic heterocycles. The number of nitro benzene ring substituents is 1. The smallest absolute Gasteiger partial charge is 0.412 e. The first-order chi connectivity index (χ1) is 21.6. The lowest BCUT2D eigenvalue weighted by Gasteiger charge is -2.26. The van der Waals surface area contributed by atoms with Crippen molar-refractivity contribution in [3.05, 3.63) is 99.2 Å². The van der Waals surface area contributed by atoms with E-state index in [9.17, 15) is 28.5 Å². The molecule has 2 aromatic carbocycles. The Morgan fingerprint density at radius 3 is 2.36 bits per heavy atom. The maximum Gasteiger partial charge on any atom is 0.412 e. The first-order valence-electron chi connectivity index (χ1n) is 13.5. The molecule has 3 heterocycles. The van der Waals surface area contributed by atoms with Crippen molar-refractivity contribution < 1.29 is 37.5 Å². The standard InChI is InChI=1S/C30H27F2N5O7S/c1-36(2)13-21-26(28(38)34-25-11-10-19(12-33-25)44-20-14-42-15-20)29(45-27(21)17-6-8-18(9-7-17)37(40)41)35-30(39)43-16-22-23(31)4-3-5-24(22)32/h3-12,20H,13-16H2,1-2H3,(H,35,39)(H,33,34,38). The van der Waals surface area contributed by atoms with Crippen LogP contribution in [0.1, 0.15) is 21.5 Å². The van der Waals surface area contributed by atoms with Crippen LogP contribution in [0, 0.1) is 21.7 Å². The fourth-order valence-corrected chi connectivity index (χ4v) is 5.54. The molecule has 2 amide bonds. The van der Waals surface area contributed by atoms with E-state index in [1.165, 1.54) is 24.4 Å². The molecule has 0 aliphatic carbocycles. The van der Waals surface area contributed by atoms with Gasteiger partial charge in [-0.15, -0.1) is 11.3 Å². The Morgan fingerprint density at radius 2 is 1.78 bits per heavy atom. The highest BCUT2D eigenvalue weighted by atomic mass is 32.1. The maximum atomic E-state index is 14.1. The molecule has 1 saturated heterocycles. The van der Waals surface area contributed by atoms with Gasteiger partial charge in [0.25, 0.3) is 11.6 Å². The number of non-ortho nitro benzene ring substituents is 1. The minimum absolute atomic E-state index is 0.0623. The van der Waals surface area contributed by atoms with Crippen molar-refractivity contribution in [2.24, 2.45) is 0 Å². The van der Waals surface area contributed by atoms with Crippen LogP contribution in [0.4, 0.5) is 30.1 Å². The molecule has 4 aromatic rings. The van der Waals surface area contributed by atoms with Gasteiger partial charge in [-0.25, -0.2) is 18.6 Å². The van der Waals surface area contributed by atoms with Crippen molar-refractivity contribution in [2.45, 2.75) is 19.3 Å². The molecule has 234 valence electrons. The Kier molecular flexibility index (Phi) is 9.61. The number of hydrogen-bond donors (Lipinski definition) is 2. The van der Waals surface area contributed by atoms with E-state index in [-0.39, 0.29) is 34.7 Å². The molecule has 1 fully saturated rings. The number of hydrogen-bond acceptors (Lipinski definition) is 10. The van der Waals surface area contributed by atoms with Gasteiger partial charge in [0.2, 0.25) is 0 Å². The Labute approximate surface area is 259 Å². The molecule has 0 spiro atoms. The number of halogens is 2. The Bertz CT molecular complexity index is 1690. The third-order valence-corrected chi connectivity index (χ3v) is 7.76. The molecule has 45 heavy (non-hydrogen) atoms. The van der Waals surface area contributed by atoms with Gasteiger partial charge in [-0.2, -0.15) is 0 Å². The zero-order valence-electron chi connectivity index (χ0n) is 24.0. The Morgan fingerprint density at radius 1 is 1.07 bits per heavy atom. The number of rotatable bonds is 11. The highest BCUT2D eigenvalue weighted by molar-refractivity contribution is 7.20. The monoisotopic (exact) mass is 639 g/mol. The zero-order valence-corrected chi connectivity index (χ0v) is 24.9. The quantitative estimate of drug-likeness (QED) is 0.153. The molecule has 0 unspecified atom stereocenters. The van der Waals surface area contributed by atoms with Crippen LogP contribution in [-0.2, 0) is 22.6 Å². The van der Waals surface area contributed by atoms with Gasteiger partial charge < -0.3 is 24.4 Å². The molecule has 5 rings (SSSR count). The summed E-state index contributed by atoms with van der Waals surface area (Å²) in [6.45, 7) is 0.514. The highest BCUT2D eigenvalue weighted by Gasteiger charge is 2.28. The van der Waals surface area contributed by atoms with Gasteiger partial charge in [0, 0.05) is 23.6 Å². The van der Waals surface area contributed by atoms with E-state index < -0.39 is 40.7 Å². The maximum absolute atomic E-state index is 14.1. The van der Waals surface area contributed by atoms with Crippen LogP contribution in [0.15, 0.2) is 60.8 Å². The van der Waals surface area contributed by atoms with Gasteiger partial charge >= 0.3 is 6.09 Å². The van der Waals surface area contributed by atoms with Crippen molar-refractivity contribution in [1.82, 2.24) is 9.88 Å². The topological polar surface area (TPSA) is 145 Å². The molecule has 12 nitrogen and oxygen atoms in total. The first-order valence-corrected chi connectivity index (χ1v) is 14.3. The molecule has 2 aromatic heterocycles. The van der Waals surface area contributed by atoms with Crippen molar-refractivity contribution >= 4 is 39.8 Å². The van der Waals surface area contributed by atoms with Gasteiger partial charge in [0.05, 0.1) is 35.5 Å². The van der Waals surface area contributed by atoms with E-state index in [1.54, 1.807) is 38.4 Å². The lowest BCUT2D eigenvalue weighted by Crippen LogP contribution is -2.38. The number of nitro groups is 1. The summed E-state index contributed by atoms with van der Waals surface area (Å²) in [5.41, 5.74) is 0.612. The van der Waals surface area contributed by atoms with Crippen LogP contribution in [0.5, 0.6) is 5.75 Å². The molecule has 0 bridgehead atoms. The fraction of sp³-hybridized carbons (Fsp3) is 0.233. The summed E-state index contributed by atoms with van der Waals surface area (Å²) in [6, 6.07) is 12.2. The number of anilines is 2. The summed E-state index contributed by atoms with van der Waals surface area (Å²) < 4.78 is 44.1. The molecule has 15 heteroatoms. The summed E-state index contributed by atoms with van der Waals surface area (Å²) >= 11 is 1.04. The summed E-state index contributed by atoms with van der Waals surface area (Å²) in [6.07, 6.45) is 0.343. The molecule has 0 saturated carbocycles. The van der Waals surface area contributed by atoms with Crippen molar-refractivity contribution in [3.63, 3.8) is 0 Å². The van der Waals surface area contributed by atoms with Crippen LogP contribution in [0.2, 0.25) is 0 Å². The second-order valence-corrected chi connectivity index (χ2v) is 11.2. The SMILES string of the molecule is CN(C)Cc1c(-c2ccc([N+](=O)[O-])cc2)sc(NC(=O)OCc2c(F)cccc2F)c1C(=O)Nc1ccc(OC2COC2)cn1. The number of carbonyl (C=O) groups is 2. The van der Waals surface area contributed by atoms with Crippen molar-refractivity contribution in [3.8, 4) is 16.2 Å². The fourth-order valence-electron chi connectivity index (χ4n) is 4.34. The van der Waals surface area contributed by atoms with Gasteiger partial charge in [0.15, 0.2) is 0 Å². The van der Waals surface area contributed by atoms with Crippen LogP contribution in [0.25, 0.3) is 10.4 Å². The van der Waals surface area contributed by atoms with Crippen LogP contribution >= 0.6 is 11.3 Å². The number of aromatic nitrogens is 1. The normalized spacial score (nSPS) is 12.8. The van der Waals surface area contributed by atoms with Crippen LogP contribution < -0.4 is 15.4 Å². The predicted molar refractivity (Wildman–Crippen MR) is 161 cm³/mol. The Balaban J connectivity index is 1.46. The third kappa shape index (κ3) is 7.57. The lowest BCUT2D eigenvalue weighted by molar-refractivity contribution is -0.384. The number of ether oxygens (including phenoxy) is 3. The van der Waals surface area contributed by atoms with Crippen LogP contribution in [-0.4, -0.2) is 60.2 Å². The average Bonchev–Trinajstić information content (AvgIpc) is 3.32. The molecule has 2 N–H and O–H groups in total. The third-order valence-electron chi connectivity index (χ3n) is 6.56. The number of benzene rings is 2. The van der Waals surface area contributed by atoms with E-state index in [4.69, 9.17) is 14.2 Å². The van der Waals surface area contributed by atoms with E-state index in [0.717, 1.165) is 23.5 Å². The first kappa shape index (κ1) is 31.4. The molecule has 1 aliphatic rings. The minimum Gasteiger partial charge on any atom is -0.484 e. The lowest BCUT2D eigenvalue weighted by atomic mass is 10.0. The molecule has 0 atom stereocenters. The molecule has 0 radical (unpaired) electrons. The van der Waals surface area contributed by atoms with Gasteiger partial charge in [0.1, 0.15) is 40.9 Å². The number of carbonyl (C=O) groups excluding carboxylic acids is 2. The number of nitrogens with zero attached hydrogens (tertiary/aromatic N) is 3. The van der Waals surface area contributed by atoms with Crippen molar-refractivity contribution in [1.29, 1.82) is 0 Å². The number of pyridine rings is 1. The summed E-state index contributed by atoms with van der Waals surface area (Å²) in [5.74, 6) is -1.66. The predicted octanol–water partition coefficient (Wildman–Crippen LogP) is 5.84. The van der Waals surface area contributed by atoms with E-state index in [0.29, 0.717) is 35.0 Å². The number of amides is 2. The highest BCUT2D eigenvalue weighted by Crippen LogP contribution is 2.42. The number of thiophene rings is 1. The average molecular weight is 640 g/mol. The van der Waals surface area contributed by atoms with E-state index in [1.807, 2.05) is 4.90 Å². The van der Waals surface area contributed by atoms with E-state index in [2.05, 4.69) is 15.6 Å². The van der Waals surface area contributed by atoms with Crippen LogP contribution in [0.3, 0.4) is 0 Å². The second-order valence-electron chi connectivity index (χ2n) is 10.2. The second kappa shape index (κ2) is 13.8. The summed E-state index contributed by atoms with van der Waals surface area (Å²) in [4.78, 5) is 44.0. The molecular weight excluding hydrogens is 612 g/mol. The van der Waals surface area contributed by atoms with E-state index >= 15 is 0 Å². The minimum atomic E-state index is -1.06. The van der Waals surface area contributed by atoms with Gasteiger partial charge in [-0.1, -0.05) is 6.07 Å². The van der Waals surface area contributed by atoms with Gasteiger partial charge in [-0.05, 0) is 61.6 Å².